The molecule has 1 amide bonds. The fraction of sp³-hybridized carbons (Fsp3) is 0.467. The molecule has 0 saturated heterocycles. The Labute approximate surface area is 118 Å². The van der Waals surface area contributed by atoms with Gasteiger partial charge in [0, 0.05) is 19.4 Å². The molecule has 0 aliphatic heterocycles. The Bertz CT molecular complexity index is 445. The van der Waals surface area contributed by atoms with Crippen LogP contribution >= 0.6 is 0 Å². The Hall–Kier alpha value is -2.04. The van der Waals surface area contributed by atoms with Gasteiger partial charge in [-0.15, -0.1) is 0 Å². The lowest BCUT2D eigenvalue weighted by atomic mass is 10.1. The van der Waals surface area contributed by atoms with Gasteiger partial charge < -0.3 is 15.2 Å². The summed E-state index contributed by atoms with van der Waals surface area (Å²) >= 11 is 0. The lowest BCUT2D eigenvalue weighted by molar-refractivity contribution is -0.137. The van der Waals surface area contributed by atoms with Crippen LogP contribution in [-0.2, 0) is 16.0 Å². The van der Waals surface area contributed by atoms with E-state index in [-0.39, 0.29) is 12.3 Å². The third-order valence-corrected chi connectivity index (χ3v) is 2.78. The number of amides is 1. The van der Waals surface area contributed by atoms with Gasteiger partial charge in [0.25, 0.3) is 0 Å². The number of ether oxygens (including phenoxy) is 1. The number of aryl methyl sites for hydroxylation is 1. The summed E-state index contributed by atoms with van der Waals surface area (Å²) in [5, 5.41) is 11.2. The summed E-state index contributed by atoms with van der Waals surface area (Å²) in [5.74, 6) is -0.0970. The van der Waals surface area contributed by atoms with Crippen molar-refractivity contribution in [1.29, 1.82) is 0 Å². The van der Waals surface area contributed by atoms with Crippen LogP contribution in [-0.4, -0.2) is 30.1 Å². The van der Waals surface area contributed by atoms with Gasteiger partial charge >= 0.3 is 5.97 Å². The second kappa shape index (κ2) is 8.96. The monoisotopic (exact) mass is 279 g/mol. The minimum atomic E-state index is -0.843. The Balaban J connectivity index is 2.32. The lowest BCUT2D eigenvalue weighted by Crippen LogP contribution is -2.25. The van der Waals surface area contributed by atoms with E-state index < -0.39 is 5.97 Å². The zero-order valence-corrected chi connectivity index (χ0v) is 11.7. The van der Waals surface area contributed by atoms with E-state index in [9.17, 15) is 9.59 Å². The number of carboxylic acid groups (broad SMARTS) is 1. The number of carbonyl (C=O) groups is 2. The van der Waals surface area contributed by atoms with Gasteiger partial charge in [0.1, 0.15) is 5.75 Å². The van der Waals surface area contributed by atoms with Crippen LogP contribution in [0.1, 0.15) is 31.7 Å². The quantitative estimate of drug-likeness (QED) is 0.678. The van der Waals surface area contributed by atoms with Gasteiger partial charge in [-0.1, -0.05) is 18.2 Å². The molecular formula is C15H21NO4. The van der Waals surface area contributed by atoms with Crippen LogP contribution in [0.2, 0.25) is 0 Å². The molecule has 110 valence electrons. The number of carbonyl (C=O) groups excluding carboxylic acids is 1. The number of carboxylic acids is 1. The number of para-hydroxylation sites is 1. The van der Waals surface area contributed by atoms with E-state index in [0.29, 0.717) is 32.4 Å². The summed E-state index contributed by atoms with van der Waals surface area (Å²) in [6.45, 7) is 2.92. The normalized spacial score (nSPS) is 10.1. The van der Waals surface area contributed by atoms with Crippen LogP contribution in [0.15, 0.2) is 24.3 Å². The zero-order valence-electron chi connectivity index (χ0n) is 11.7. The van der Waals surface area contributed by atoms with Crippen LogP contribution in [0, 0.1) is 0 Å². The summed E-state index contributed by atoms with van der Waals surface area (Å²) in [5.41, 5.74) is 1.01. The SMILES string of the molecule is CCOc1ccccc1CCC(=O)NCCCC(=O)O. The summed E-state index contributed by atoms with van der Waals surface area (Å²) in [7, 11) is 0. The van der Waals surface area contributed by atoms with E-state index in [1.807, 2.05) is 31.2 Å². The first kappa shape index (κ1) is 16.0. The second-order valence-corrected chi connectivity index (χ2v) is 4.39. The van der Waals surface area contributed by atoms with Crippen LogP contribution in [0.25, 0.3) is 0 Å². The highest BCUT2D eigenvalue weighted by molar-refractivity contribution is 5.76. The lowest BCUT2D eigenvalue weighted by Gasteiger charge is -2.10. The number of hydrogen-bond acceptors (Lipinski definition) is 3. The van der Waals surface area contributed by atoms with Crippen LogP contribution in [0.4, 0.5) is 0 Å². The predicted octanol–water partition coefficient (Wildman–Crippen LogP) is 2.00. The molecule has 5 heteroatoms. The molecule has 0 fully saturated rings. The predicted molar refractivity (Wildman–Crippen MR) is 75.8 cm³/mol. The smallest absolute Gasteiger partial charge is 0.303 e. The number of aliphatic carboxylic acids is 1. The third-order valence-electron chi connectivity index (χ3n) is 2.78. The average Bonchev–Trinajstić information content (AvgIpc) is 2.43. The maximum Gasteiger partial charge on any atom is 0.303 e. The molecule has 0 aliphatic rings. The molecule has 0 spiro atoms. The standard InChI is InChI=1S/C15H21NO4/c1-2-20-13-7-4-3-6-12(13)9-10-14(17)16-11-5-8-15(18)19/h3-4,6-7H,2,5,8-11H2,1H3,(H,16,17)(H,18,19). The molecule has 0 unspecified atom stereocenters. The molecule has 1 aromatic rings. The van der Waals surface area contributed by atoms with Crippen molar-refractivity contribution in [3.63, 3.8) is 0 Å². The molecule has 1 aromatic carbocycles. The van der Waals surface area contributed by atoms with E-state index in [1.165, 1.54) is 0 Å². The highest BCUT2D eigenvalue weighted by Gasteiger charge is 2.06. The van der Waals surface area contributed by atoms with E-state index in [0.717, 1.165) is 11.3 Å². The van der Waals surface area contributed by atoms with Gasteiger partial charge in [0.15, 0.2) is 0 Å². The molecule has 2 N–H and O–H groups in total. The molecule has 5 nitrogen and oxygen atoms in total. The van der Waals surface area contributed by atoms with Crippen molar-refractivity contribution in [2.24, 2.45) is 0 Å². The molecule has 0 atom stereocenters. The first-order valence-corrected chi connectivity index (χ1v) is 6.82. The number of benzene rings is 1. The number of nitrogens with one attached hydrogen (secondary N) is 1. The summed E-state index contributed by atoms with van der Waals surface area (Å²) in [6.07, 6.45) is 1.52. The fourth-order valence-electron chi connectivity index (χ4n) is 1.81. The van der Waals surface area contributed by atoms with Crippen molar-refractivity contribution in [2.45, 2.75) is 32.6 Å². The molecule has 0 aliphatic carbocycles. The highest BCUT2D eigenvalue weighted by Crippen LogP contribution is 2.19. The second-order valence-electron chi connectivity index (χ2n) is 4.39. The summed E-state index contributed by atoms with van der Waals surface area (Å²) < 4.78 is 5.50. The number of rotatable bonds is 9. The van der Waals surface area contributed by atoms with Gasteiger partial charge in [-0.05, 0) is 31.4 Å². The average molecular weight is 279 g/mol. The molecular weight excluding hydrogens is 258 g/mol. The van der Waals surface area contributed by atoms with Crippen LogP contribution < -0.4 is 10.1 Å². The Morgan fingerprint density at radius 3 is 2.70 bits per heavy atom. The van der Waals surface area contributed by atoms with Gasteiger partial charge in [0.2, 0.25) is 5.91 Å². The van der Waals surface area contributed by atoms with Crippen molar-refractivity contribution in [1.82, 2.24) is 5.32 Å². The molecule has 0 saturated carbocycles. The maximum absolute atomic E-state index is 11.6. The van der Waals surface area contributed by atoms with Crippen molar-refractivity contribution < 1.29 is 19.4 Å². The molecule has 0 aromatic heterocycles. The largest absolute Gasteiger partial charge is 0.494 e. The molecule has 0 heterocycles. The fourth-order valence-corrected chi connectivity index (χ4v) is 1.81. The Morgan fingerprint density at radius 1 is 1.25 bits per heavy atom. The molecule has 0 bridgehead atoms. The van der Waals surface area contributed by atoms with Crippen molar-refractivity contribution in [3.8, 4) is 5.75 Å². The minimum Gasteiger partial charge on any atom is -0.494 e. The highest BCUT2D eigenvalue weighted by atomic mass is 16.5. The zero-order chi connectivity index (χ0) is 14.8. The summed E-state index contributed by atoms with van der Waals surface area (Å²) in [6, 6.07) is 7.66. The summed E-state index contributed by atoms with van der Waals surface area (Å²) in [4.78, 5) is 22.0. The van der Waals surface area contributed by atoms with E-state index >= 15 is 0 Å². The molecule has 0 radical (unpaired) electrons. The van der Waals surface area contributed by atoms with Crippen molar-refractivity contribution >= 4 is 11.9 Å². The number of hydrogen-bond donors (Lipinski definition) is 2. The molecule has 20 heavy (non-hydrogen) atoms. The van der Waals surface area contributed by atoms with Crippen LogP contribution in [0.3, 0.4) is 0 Å². The van der Waals surface area contributed by atoms with Gasteiger partial charge in [-0.3, -0.25) is 9.59 Å². The Kier molecular flexibility index (Phi) is 7.17. The first-order chi connectivity index (χ1) is 9.63. The van der Waals surface area contributed by atoms with E-state index in [4.69, 9.17) is 9.84 Å². The van der Waals surface area contributed by atoms with Gasteiger partial charge in [-0.25, -0.2) is 0 Å². The molecule has 1 rings (SSSR count). The first-order valence-electron chi connectivity index (χ1n) is 6.82. The topological polar surface area (TPSA) is 75.6 Å². The van der Waals surface area contributed by atoms with Crippen molar-refractivity contribution in [3.05, 3.63) is 29.8 Å². The van der Waals surface area contributed by atoms with E-state index in [2.05, 4.69) is 5.32 Å². The Morgan fingerprint density at radius 2 is 2.00 bits per heavy atom. The minimum absolute atomic E-state index is 0.0679. The van der Waals surface area contributed by atoms with E-state index in [1.54, 1.807) is 0 Å². The third kappa shape index (κ3) is 6.22. The van der Waals surface area contributed by atoms with Gasteiger partial charge in [-0.2, -0.15) is 0 Å². The van der Waals surface area contributed by atoms with Gasteiger partial charge in [0.05, 0.1) is 6.61 Å². The van der Waals surface area contributed by atoms with Crippen LogP contribution in [0.5, 0.6) is 5.75 Å². The van der Waals surface area contributed by atoms with Crippen molar-refractivity contribution in [2.75, 3.05) is 13.2 Å². The maximum atomic E-state index is 11.6.